The summed E-state index contributed by atoms with van der Waals surface area (Å²) in [6.45, 7) is 4.33. The topological polar surface area (TPSA) is 75.5 Å². The number of amides is 1. The third-order valence-electron chi connectivity index (χ3n) is 5.43. The maximum Gasteiger partial charge on any atom is 0.351 e. The molecule has 0 saturated carbocycles. The maximum atomic E-state index is 13.1. The van der Waals surface area contributed by atoms with Crippen molar-refractivity contribution in [1.82, 2.24) is 9.97 Å². The number of quaternary nitrogens is 1. The summed E-state index contributed by atoms with van der Waals surface area (Å²) in [7, 11) is 0. The molecule has 0 aliphatic carbocycles. The van der Waals surface area contributed by atoms with Crippen LogP contribution in [0.5, 0.6) is 0 Å². The number of carbonyl (C=O) groups excluding carboxylic acids is 1. The number of aromatic nitrogens is 3. The van der Waals surface area contributed by atoms with Crippen LogP contribution in [0, 0.1) is 0 Å². The third kappa shape index (κ3) is 3.46. The number of anilines is 1. The molecule has 4 heterocycles. The number of nitrogens with zero attached hydrogens (tertiary/aromatic N) is 2. The molecule has 0 radical (unpaired) electrons. The zero-order chi connectivity index (χ0) is 19.6. The first-order chi connectivity index (χ1) is 14.3. The number of morpholine rings is 1. The van der Waals surface area contributed by atoms with Crippen molar-refractivity contribution in [3.63, 3.8) is 0 Å². The summed E-state index contributed by atoms with van der Waals surface area (Å²) < 4.78 is 7.37. The molecule has 0 unspecified atom stereocenters. The van der Waals surface area contributed by atoms with Crippen LogP contribution in [0.1, 0.15) is 16.3 Å². The zero-order valence-electron chi connectivity index (χ0n) is 16.0. The fourth-order valence-electron chi connectivity index (χ4n) is 3.92. The summed E-state index contributed by atoms with van der Waals surface area (Å²) in [4.78, 5) is 22.3. The van der Waals surface area contributed by atoms with E-state index < -0.39 is 0 Å². The number of hydrogen-bond acceptors (Lipinski definition) is 3. The second-order valence-corrected chi connectivity index (χ2v) is 7.28. The Balaban J connectivity index is 1.48. The number of H-pyrrole nitrogens is 1. The van der Waals surface area contributed by atoms with Crippen LogP contribution in [0.15, 0.2) is 60.9 Å². The average Bonchev–Trinajstić information content (AvgIpc) is 3.13. The molecule has 1 aliphatic heterocycles. The van der Waals surface area contributed by atoms with Gasteiger partial charge in [-0.1, -0.05) is 30.3 Å². The van der Waals surface area contributed by atoms with Crippen molar-refractivity contribution in [1.29, 1.82) is 0 Å². The van der Waals surface area contributed by atoms with Gasteiger partial charge in [-0.15, -0.1) is 0 Å². The predicted octanol–water partition coefficient (Wildman–Crippen LogP) is 0.969. The smallest absolute Gasteiger partial charge is 0.351 e. The van der Waals surface area contributed by atoms with E-state index in [4.69, 9.17) is 4.74 Å². The molecule has 4 aromatic rings. The molecule has 1 amide bonds. The molecule has 1 fully saturated rings. The Morgan fingerprint density at radius 1 is 1.14 bits per heavy atom. The van der Waals surface area contributed by atoms with Gasteiger partial charge in [0.2, 0.25) is 5.69 Å². The Hall–Kier alpha value is -3.29. The van der Waals surface area contributed by atoms with Crippen molar-refractivity contribution in [3.8, 4) is 0 Å². The molecule has 29 heavy (non-hydrogen) atoms. The Bertz CT molecular complexity index is 1170. The van der Waals surface area contributed by atoms with Crippen LogP contribution in [-0.2, 0) is 11.3 Å². The maximum absolute atomic E-state index is 13.1. The van der Waals surface area contributed by atoms with Crippen LogP contribution in [0.25, 0.3) is 16.3 Å². The summed E-state index contributed by atoms with van der Waals surface area (Å²) in [5, 5.41) is 4.94. The molecular formula is C22H23N5O2+2. The van der Waals surface area contributed by atoms with E-state index in [2.05, 4.69) is 15.3 Å². The number of rotatable bonds is 4. The monoisotopic (exact) mass is 389 g/mol. The van der Waals surface area contributed by atoms with Crippen molar-refractivity contribution >= 4 is 28.0 Å². The highest BCUT2D eigenvalue weighted by atomic mass is 16.5. The first-order valence-corrected chi connectivity index (χ1v) is 9.87. The van der Waals surface area contributed by atoms with E-state index >= 15 is 0 Å². The van der Waals surface area contributed by atoms with Gasteiger partial charge in [0, 0.05) is 11.6 Å². The molecule has 7 nitrogen and oxygen atoms in total. The Labute approximate surface area is 167 Å². The van der Waals surface area contributed by atoms with Crippen LogP contribution in [-0.4, -0.2) is 42.2 Å². The second kappa shape index (κ2) is 7.62. The minimum atomic E-state index is -0.210. The van der Waals surface area contributed by atoms with E-state index in [1.54, 1.807) is 6.20 Å². The Morgan fingerprint density at radius 3 is 2.86 bits per heavy atom. The lowest BCUT2D eigenvalue weighted by atomic mass is 10.1. The quantitative estimate of drug-likeness (QED) is 0.455. The van der Waals surface area contributed by atoms with E-state index in [9.17, 15) is 4.79 Å². The molecule has 1 aromatic carbocycles. The first-order valence-electron chi connectivity index (χ1n) is 9.87. The van der Waals surface area contributed by atoms with Crippen molar-refractivity contribution in [2.24, 2.45) is 0 Å². The summed E-state index contributed by atoms with van der Waals surface area (Å²) in [6, 6.07) is 15.8. The predicted molar refractivity (Wildman–Crippen MR) is 109 cm³/mol. The first kappa shape index (κ1) is 17.8. The van der Waals surface area contributed by atoms with Crippen LogP contribution in [0.4, 0.5) is 5.82 Å². The van der Waals surface area contributed by atoms with E-state index in [-0.39, 0.29) is 5.91 Å². The van der Waals surface area contributed by atoms with E-state index in [1.807, 2.05) is 59.1 Å². The van der Waals surface area contributed by atoms with Gasteiger partial charge < -0.3 is 9.64 Å². The van der Waals surface area contributed by atoms with E-state index in [0.29, 0.717) is 11.6 Å². The van der Waals surface area contributed by atoms with Crippen molar-refractivity contribution in [2.75, 3.05) is 31.6 Å². The normalized spacial score (nSPS) is 15.0. The van der Waals surface area contributed by atoms with Crippen LogP contribution in [0.3, 0.4) is 0 Å². The molecule has 7 heteroatoms. The van der Waals surface area contributed by atoms with Crippen LogP contribution in [0.2, 0.25) is 0 Å². The van der Waals surface area contributed by atoms with Gasteiger partial charge in [-0.2, -0.15) is 4.40 Å². The Kier molecular flexibility index (Phi) is 4.67. The van der Waals surface area contributed by atoms with Crippen LogP contribution < -0.4 is 14.6 Å². The summed E-state index contributed by atoms with van der Waals surface area (Å²) in [5.74, 6) is 0.851. The minimum absolute atomic E-state index is 0.210. The molecule has 1 aliphatic rings. The Morgan fingerprint density at radius 2 is 1.97 bits per heavy atom. The average molecular weight is 389 g/mol. The minimum Gasteiger partial charge on any atom is -0.370 e. The molecule has 3 N–H and O–H groups in total. The number of fused-ring (bicyclic) bond motifs is 2. The number of imidazole rings is 1. The van der Waals surface area contributed by atoms with Crippen LogP contribution >= 0.6 is 0 Å². The molecule has 0 bridgehead atoms. The van der Waals surface area contributed by atoms with Gasteiger partial charge in [0.05, 0.1) is 19.4 Å². The number of pyridine rings is 2. The lowest BCUT2D eigenvalue weighted by Crippen LogP contribution is -3.12. The summed E-state index contributed by atoms with van der Waals surface area (Å²) in [5.41, 5.74) is 2.07. The highest BCUT2D eigenvalue weighted by Crippen LogP contribution is 2.20. The van der Waals surface area contributed by atoms with Gasteiger partial charge >= 0.3 is 11.7 Å². The van der Waals surface area contributed by atoms with Gasteiger partial charge in [0.1, 0.15) is 25.5 Å². The molecule has 0 spiro atoms. The number of benzene rings is 1. The number of carbonyl (C=O) groups is 1. The third-order valence-corrected chi connectivity index (χ3v) is 5.43. The van der Waals surface area contributed by atoms with E-state index in [1.165, 1.54) is 4.90 Å². The number of nitrogens with one attached hydrogen (secondary N) is 3. The van der Waals surface area contributed by atoms with Gasteiger partial charge in [-0.3, -0.25) is 10.1 Å². The standard InChI is InChI=1S/C22H21N5O2/c28-22(25-20-17-6-2-1-5-16(17)8-9-23-20)21-24-18(15-26-11-13-29-14-12-26)19-7-3-4-10-27(19)21/h1-10H,11-15H2,(H,23,25,28)/p+2. The lowest BCUT2D eigenvalue weighted by molar-refractivity contribution is -0.921. The van der Waals surface area contributed by atoms with Gasteiger partial charge in [-0.25, -0.2) is 9.97 Å². The molecule has 0 atom stereocenters. The van der Waals surface area contributed by atoms with E-state index in [0.717, 1.165) is 54.8 Å². The molecule has 5 rings (SSSR count). The summed E-state index contributed by atoms with van der Waals surface area (Å²) in [6.07, 6.45) is 3.63. The number of hydrogen-bond donors (Lipinski definition) is 3. The van der Waals surface area contributed by atoms with Gasteiger partial charge in [0.25, 0.3) is 0 Å². The fourth-order valence-corrected chi connectivity index (χ4v) is 3.92. The number of ether oxygens (including phenoxy) is 1. The van der Waals surface area contributed by atoms with Gasteiger partial charge in [0.15, 0.2) is 5.52 Å². The zero-order valence-corrected chi connectivity index (χ0v) is 16.0. The fraction of sp³-hybridized carbons (Fsp3) is 0.227. The largest absolute Gasteiger partial charge is 0.370 e. The second-order valence-electron chi connectivity index (χ2n) is 7.28. The molecule has 146 valence electrons. The highest BCUT2D eigenvalue weighted by Gasteiger charge is 2.28. The van der Waals surface area contributed by atoms with Crippen molar-refractivity contribution in [2.45, 2.75) is 6.54 Å². The highest BCUT2D eigenvalue weighted by molar-refractivity contribution is 6.05. The molecule has 3 aromatic heterocycles. The SMILES string of the molecule is O=C(Nc1nccc2ccccc12)c1[nH]c(C[NH+]2CCOCC2)c2cccc[n+]12. The molecule has 1 saturated heterocycles. The van der Waals surface area contributed by atoms with Gasteiger partial charge in [-0.05, 0) is 23.6 Å². The van der Waals surface area contributed by atoms with Crippen molar-refractivity contribution < 1.29 is 18.8 Å². The number of aromatic amines is 1. The van der Waals surface area contributed by atoms with Crippen molar-refractivity contribution in [3.05, 3.63) is 72.4 Å². The lowest BCUT2D eigenvalue weighted by Gasteiger charge is -2.22. The summed E-state index contributed by atoms with van der Waals surface area (Å²) >= 11 is 0. The molecular weight excluding hydrogens is 366 g/mol.